The molecule has 12 heavy (non-hydrogen) atoms. The van der Waals surface area contributed by atoms with E-state index in [0.29, 0.717) is 12.1 Å². The van der Waals surface area contributed by atoms with Crippen LogP contribution in [0.2, 0.25) is 0 Å². The summed E-state index contributed by atoms with van der Waals surface area (Å²) in [7, 11) is 2.17. The van der Waals surface area contributed by atoms with Gasteiger partial charge in [-0.05, 0) is 20.4 Å². The molecule has 0 saturated carbocycles. The van der Waals surface area contributed by atoms with E-state index in [9.17, 15) is 0 Å². The average Bonchev–Trinajstić information content (AvgIpc) is 2.32. The van der Waals surface area contributed by atoms with Crippen molar-refractivity contribution in [3.63, 3.8) is 0 Å². The van der Waals surface area contributed by atoms with Crippen LogP contribution in [0.25, 0.3) is 0 Å². The van der Waals surface area contributed by atoms with Crippen molar-refractivity contribution in [2.75, 3.05) is 20.1 Å². The molecule has 1 rings (SSSR count). The van der Waals surface area contributed by atoms with E-state index < -0.39 is 0 Å². The van der Waals surface area contributed by atoms with E-state index in [1.165, 1.54) is 6.42 Å². The van der Waals surface area contributed by atoms with E-state index in [2.05, 4.69) is 30.1 Å². The van der Waals surface area contributed by atoms with Gasteiger partial charge in [0.2, 0.25) is 0 Å². The largest absolute Gasteiger partial charge is 0.312 e. The minimum atomic E-state index is 0.651. The molecule has 0 amide bonds. The maximum absolute atomic E-state index is 5.17. The molecule has 0 radical (unpaired) electrons. The number of likely N-dealkylation sites (tertiary alicyclic amines) is 1. The summed E-state index contributed by atoms with van der Waals surface area (Å²) in [5.74, 6) is 2.64. The van der Waals surface area contributed by atoms with Gasteiger partial charge in [-0.15, -0.1) is 12.3 Å². The molecule has 0 aromatic heterocycles. The number of terminal acetylenes is 1. The van der Waals surface area contributed by atoms with Gasteiger partial charge in [-0.2, -0.15) is 0 Å². The van der Waals surface area contributed by atoms with Crippen LogP contribution in [0.4, 0.5) is 0 Å². The molecule has 2 unspecified atom stereocenters. The Labute approximate surface area is 75.3 Å². The van der Waals surface area contributed by atoms with E-state index in [-0.39, 0.29) is 0 Å². The minimum Gasteiger partial charge on any atom is -0.312 e. The summed E-state index contributed by atoms with van der Waals surface area (Å²) in [5.41, 5.74) is 0. The summed E-state index contributed by atoms with van der Waals surface area (Å²) >= 11 is 0. The van der Waals surface area contributed by atoms with Gasteiger partial charge < -0.3 is 10.2 Å². The molecule has 1 aliphatic heterocycles. The number of nitrogens with zero attached hydrogens (tertiary/aromatic N) is 1. The quantitative estimate of drug-likeness (QED) is 0.490. The van der Waals surface area contributed by atoms with Gasteiger partial charge in [0.1, 0.15) is 0 Å². The first-order valence-electron chi connectivity index (χ1n) is 4.61. The second kappa shape index (κ2) is 4.49. The Balaban J connectivity index is 2.15. The number of likely N-dealkylation sites (N-methyl/N-ethyl adjacent to an activating group) is 1. The van der Waals surface area contributed by atoms with Crippen LogP contribution in [0.3, 0.4) is 0 Å². The van der Waals surface area contributed by atoms with Crippen molar-refractivity contribution in [2.45, 2.75) is 31.8 Å². The van der Waals surface area contributed by atoms with E-state index >= 15 is 0 Å². The van der Waals surface area contributed by atoms with E-state index in [1.54, 1.807) is 0 Å². The Hall–Kier alpha value is -0.520. The molecule has 1 fully saturated rings. The fourth-order valence-corrected chi connectivity index (χ4v) is 1.69. The van der Waals surface area contributed by atoms with Gasteiger partial charge in [0.15, 0.2) is 0 Å². The van der Waals surface area contributed by atoms with E-state index in [1.807, 2.05) is 0 Å². The zero-order chi connectivity index (χ0) is 8.97. The van der Waals surface area contributed by atoms with Crippen LogP contribution < -0.4 is 5.32 Å². The lowest BCUT2D eigenvalue weighted by atomic mass is 10.2. The lowest BCUT2D eigenvalue weighted by Crippen LogP contribution is -2.32. The molecule has 0 aliphatic carbocycles. The fraction of sp³-hybridized carbons (Fsp3) is 0.800. The highest BCUT2D eigenvalue weighted by Crippen LogP contribution is 2.14. The van der Waals surface area contributed by atoms with Crippen molar-refractivity contribution in [2.24, 2.45) is 0 Å². The predicted molar refractivity (Wildman–Crippen MR) is 51.9 cm³/mol. The van der Waals surface area contributed by atoms with Crippen LogP contribution in [-0.4, -0.2) is 37.1 Å². The molecule has 2 heteroatoms. The smallest absolute Gasteiger partial charge is 0.0212 e. The van der Waals surface area contributed by atoms with Crippen molar-refractivity contribution in [3.8, 4) is 12.3 Å². The SMILES string of the molecule is C#CCCNC1CC(C)N(C)C1. The third kappa shape index (κ3) is 2.51. The van der Waals surface area contributed by atoms with E-state index in [0.717, 1.165) is 19.5 Å². The topological polar surface area (TPSA) is 15.3 Å². The van der Waals surface area contributed by atoms with Crippen molar-refractivity contribution in [3.05, 3.63) is 0 Å². The molecule has 2 atom stereocenters. The van der Waals surface area contributed by atoms with Crippen molar-refractivity contribution < 1.29 is 0 Å². The average molecular weight is 166 g/mol. The normalized spacial score (nSPS) is 30.4. The van der Waals surface area contributed by atoms with Gasteiger partial charge in [-0.1, -0.05) is 0 Å². The summed E-state index contributed by atoms with van der Waals surface area (Å²) in [5, 5.41) is 3.46. The number of hydrogen-bond donors (Lipinski definition) is 1. The first-order valence-corrected chi connectivity index (χ1v) is 4.61. The van der Waals surface area contributed by atoms with Crippen LogP contribution >= 0.6 is 0 Å². The van der Waals surface area contributed by atoms with Gasteiger partial charge in [-0.25, -0.2) is 0 Å². The molecule has 0 spiro atoms. The number of nitrogens with one attached hydrogen (secondary N) is 1. The highest BCUT2D eigenvalue weighted by atomic mass is 15.2. The summed E-state index contributed by atoms with van der Waals surface area (Å²) in [4.78, 5) is 2.38. The molecule has 1 N–H and O–H groups in total. The van der Waals surface area contributed by atoms with Crippen LogP contribution in [0, 0.1) is 12.3 Å². The third-order valence-electron chi connectivity index (χ3n) is 2.59. The zero-order valence-corrected chi connectivity index (χ0v) is 8.01. The second-order valence-corrected chi connectivity index (χ2v) is 3.63. The maximum atomic E-state index is 5.17. The van der Waals surface area contributed by atoms with Gasteiger partial charge in [0, 0.05) is 31.6 Å². The molecule has 68 valence electrons. The Kier molecular flexibility index (Phi) is 3.58. The van der Waals surface area contributed by atoms with E-state index in [4.69, 9.17) is 6.42 Å². The Morgan fingerprint density at radius 1 is 1.67 bits per heavy atom. The van der Waals surface area contributed by atoms with Crippen LogP contribution in [-0.2, 0) is 0 Å². The third-order valence-corrected chi connectivity index (χ3v) is 2.59. The zero-order valence-electron chi connectivity index (χ0n) is 8.01. The Bertz CT molecular complexity index is 161. The highest BCUT2D eigenvalue weighted by Gasteiger charge is 2.24. The molecule has 2 nitrogen and oxygen atoms in total. The Morgan fingerprint density at radius 2 is 2.42 bits per heavy atom. The van der Waals surface area contributed by atoms with Gasteiger partial charge in [0.05, 0.1) is 0 Å². The lowest BCUT2D eigenvalue weighted by Gasteiger charge is -2.12. The van der Waals surface area contributed by atoms with Crippen LogP contribution in [0.5, 0.6) is 0 Å². The molecular formula is C10H18N2. The molecular weight excluding hydrogens is 148 g/mol. The second-order valence-electron chi connectivity index (χ2n) is 3.63. The van der Waals surface area contributed by atoms with Crippen LogP contribution in [0.1, 0.15) is 19.8 Å². The predicted octanol–water partition coefficient (Wildman–Crippen LogP) is 0.692. The summed E-state index contributed by atoms with van der Waals surface area (Å²) < 4.78 is 0. The highest BCUT2D eigenvalue weighted by molar-refractivity contribution is 4.88. The maximum Gasteiger partial charge on any atom is 0.0212 e. The van der Waals surface area contributed by atoms with Crippen molar-refractivity contribution in [1.29, 1.82) is 0 Å². The summed E-state index contributed by atoms with van der Waals surface area (Å²) in [6.07, 6.45) is 7.26. The summed E-state index contributed by atoms with van der Waals surface area (Å²) in [6.45, 7) is 4.39. The van der Waals surface area contributed by atoms with Crippen molar-refractivity contribution >= 4 is 0 Å². The van der Waals surface area contributed by atoms with Gasteiger partial charge in [0.25, 0.3) is 0 Å². The van der Waals surface area contributed by atoms with Gasteiger partial charge in [-0.3, -0.25) is 0 Å². The summed E-state index contributed by atoms with van der Waals surface area (Å²) in [6, 6.07) is 1.37. The monoisotopic (exact) mass is 166 g/mol. The number of rotatable bonds is 3. The molecule has 1 saturated heterocycles. The first-order chi connectivity index (χ1) is 5.74. The molecule has 1 heterocycles. The molecule has 0 aromatic carbocycles. The molecule has 0 bridgehead atoms. The fourth-order valence-electron chi connectivity index (χ4n) is 1.69. The van der Waals surface area contributed by atoms with Crippen molar-refractivity contribution in [1.82, 2.24) is 10.2 Å². The van der Waals surface area contributed by atoms with Crippen LogP contribution in [0.15, 0.2) is 0 Å². The molecule has 1 aliphatic rings. The van der Waals surface area contributed by atoms with Gasteiger partial charge >= 0.3 is 0 Å². The standard InChI is InChI=1S/C10H18N2/c1-4-5-6-11-10-7-9(2)12(3)8-10/h1,9-11H,5-8H2,2-3H3. The first kappa shape index (κ1) is 9.57. The molecule has 0 aromatic rings. The Morgan fingerprint density at radius 3 is 2.92 bits per heavy atom. The number of hydrogen-bond acceptors (Lipinski definition) is 2. The lowest BCUT2D eigenvalue weighted by molar-refractivity contribution is 0.327. The minimum absolute atomic E-state index is 0.651.